The number of pyridine rings is 1. The van der Waals surface area contributed by atoms with Crippen molar-refractivity contribution in [3.63, 3.8) is 0 Å². The molecule has 3 aromatic heterocycles. The Labute approximate surface area is 155 Å². The van der Waals surface area contributed by atoms with Crippen molar-refractivity contribution in [2.24, 2.45) is 0 Å². The molecule has 0 aliphatic heterocycles. The first-order valence-corrected chi connectivity index (χ1v) is 8.62. The third-order valence-corrected chi connectivity index (χ3v) is 4.40. The average molecular weight is 361 g/mol. The molecule has 0 radical (unpaired) electrons. The van der Waals surface area contributed by atoms with E-state index < -0.39 is 0 Å². The van der Waals surface area contributed by atoms with Crippen molar-refractivity contribution in [2.75, 3.05) is 19.0 Å². The van der Waals surface area contributed by atoms with Crippen LogP contribution in [0.4, 0.5) is 5.95 Å². The maximum atomic E-state index is 11.9. The Morgan fingerprint density at radius 3 is 2.81 bits per heavy atom. The Bertz CT molecular complexity index is 1120. The highest BCUT2D eigenvalue weighted by Crippen LogP contribution is 2.23. The van der Waals surface area contributed by atoms with E-state index in [0.717, 1.165) is 28.6 Å². The number of nitrogens with one attached hydrogen (secondary N) is 3. The van der Waals surface area contributed by atoms with E-state index in [1.165, 1.54) is 11.6 Å². The molecular weight excluding hydrogens is 342 g/mol. The minimum Gasteiger partial charge on any atom is -0.497 e. The first kappa shape index (κ1) is 16.8. The molecule has 7 nitrogen and oxygen atoms in total. The van der Waals surface area contributed by atoms with Crippen LogP contribution in [-0.4, -0.2) is 33.6 Å². The molecule has 27 heavy (non-hydrogen) atoms. The van der Waals surface area contributed by atoms with Crippen molar-refractivity contribution in [2.45, 2.75) is 6.42 Å². The van der Waals surface area contributed by atoms with Gasteiger partial charge in [0.1, 0.15) is 5.75 Å². The summed E-state index contributed by atoms with van der Waals surface area (Å²) in [5, 5.41) is 4.36. The standard InChI is InChI=1S/C20H19N5O2/c1-27-15-2-3-16-14(12-23-18(16)10-15)6-9-22-20-24-17(11-19(26)25-20)13-4-7-21-8-5-13/h2-5,7-8,10-12,23H,6,9H2,1H3,(H2,22,24,25,26). The summed E-state index contributed by atoms with van der Waals surface area (Å²) in [7, 11) is 1.66. The van der Waals surface area contributed by atoms with Crippen LogP contribution in [0.15, 0.2) is 59.8 Å². The normalized spacial score (nSPS) is 10.9. The van der Waals surface area contributed by atoms with Gasteiger partial charge >= 0.3 is 0 Å². The highest BCUT2D eigenvalue weighted by molar-refractivity contribution is 5.84. The molecule has 4 aromatic rings. The number of benzene rings is 1. The third-order valence-electron chi connectivity index (χ3n) is 4.40. The van der Waals surface area contributed by atoms with E-state index in [-0.39, 0.29) is 5.56 Å². The number of hydrogen-bond donors (Lipinski definition) is 3. The zero-order chi connectivity index (χ0) is 18.6. The lowest BCUT2D eigenvalue weighted by Crippen LogP contribution is -2.14. The molecule has 7 heteroatoms. The Morgan fingerprint density at radius 1 is 1.15 bits per heavy atom. The van der Waals surface area contributed by atoms with Crippen LogP contribution in [-0.2, 0) is 6.42 Å². The van der Waals surface area contributed by atoms with Crippen molar-refractivity contribution in [1.29, 1.82) is 0 Å². The Balaban J connectivity index is 1.48. The highest BCUT2D eigenvalue weighted by atomic mass is 16.5. The quantitative estimate of drug-likeness (QED) is 0.491. The Kier molecular flexibility index (Phi) is 4.57. The second-order valence-electron chi connectivity index (χ2n) is 6.12. The summed E-state index contributed by atoms with van der Waals surface area (Å²) in [5.74, 6) is 1.28. The number of methoxy groups -OCH3 is 1. The van der Waals surface area contributed by atoms with Crippen LogP contribution in [0.3, 0.4) is 0 Å². The number of fused-ring (bicyclic) bond motifs is 1. The van der Waals surface area contributed by atoms with Crippen LogP contribution in [0.1, 0.15) is 5.56 Å². The van der Waals surface area contributed by atoms with Gasteiger partial charge in [0.25, 0.3) is 5.56 Å². The summed E-state index contributed by atoms with van der Waals surface area (Å²) in [5.41, 5.74) is 3.53. The van der Waals surface area contributed by atoms with Gasteiger partial charge in [-0.25, -0.2) is 0 Å². The Morgan fingerprint density at radius 2 is 2.00 bits per heavy atom. The first-order valence-electron chi connectivity index (χ1n) is 8.62. The van der Waals surface area contributed by atoms with Crippen molar-refractivity contribution >= 4 is 16.9 Å². The number of ether oxygens (including phenoxy) is 1. The summed E-state index contributed by atoms with van der Waals surface area (Å²) in [6.45, 7) is 0.641. The van der Waals surface area contributed by atoms with E-state index in [1.807, 2.05) is 36.5 Å². The number of aromatic nitrogens is 4. The van der Waals surface area contributed by atoms with E-state index in [0.29, 0.717) is 18.2 Å². The second-order valence-corrected chi connectivity index (χ2v) is 6.12. The van der Waals surface area contributed by atoms with Gasteiger partial charge in [0.15, 0.2) is 0 Å². The van der Waals surface area contributed by atoms with Gasteiger partial charge in [-0.15, -0.1) is 0 Å². The van der Waals surface area contributed by atoms with E-state index >= 15 is 0 Å². The fourth-order valence-electron chi connectivity index (χ4n) is 3.04. The summed E-state index contributed by atoms with van der Waals surface area (Å²) in [6.07, 6.45) is 6.16. The van der Waals surface area contributed by atoms with Crippen LogP contribution in [0.2, 0.25) is 0 Å². The van der Waals surface area contributed by atoms with Crippen molar-refractivity contribution < 1.29 is 4.74 Å². The lowest BCUT2D eigenvalue weighted by Gasteiger charge is -2.08. The van der Waals surface area contributed by atoms with Crippen LogP contribution >= 0.6 is 0 Å². The van der Waals surface area contributed by atoms with Crippen LogP contribution < -0.4 is 15.6 Å². The molecule has 0 saturated heterocycles. The van der Waals surface area contributed by atoms with Gasteiger partial charge in [0, 0.05) is 53.7 Å². The molecule has 3 heterocycles. The molecular formula is C20H19N5O2. The fraction of sp³-hybridized carbons (Fsp3) is 0.150. The fourth-order valence-corrected chi connectivity index (χ4v) is 3.04. The minimum atomic E-state index is -0.290. The largest absolute Gasteiger partial charge is 0.497 e. The molecule has 1 aromatic carbocycles. The lowest BCUT2D eigenvalue weighted by atomic mass is 10.1. The molecule has 136 valence electrons. The molecule has 0 spiro atoms. The number of anilines is 1. The molecule has 0 atom stereocenters. The van der Waals surface area contributed by atoms with Gasteiger partial charge < -0.3 is 20.0 Å². The molecule has 0 fully saturated rings. The average Bonchev–Trinajstić information content (AvgIpc) is 3.10. The highest BCUT2D eigenvalue weighted by Gasteiger charge is 2.06. The predicted molar refractivity (Wildman–Crippen MR) is 105 cm³/mol. The zero-order valence-electron chi connectivity index (χ0n) is 14.8. The molecule has 0 saturated carbocycles. The number of aromatic amines is 2. The van der Waals surface area contributed by atoms with Crippen molar-refractivity contribution in [3.8, 4) is 17.0 Å². The zero-order valence-corrected chi connectivity index (χ0v) is 14.8. The van der Waals surface area contributed by atoms with Crippen LogP contribution in [0.5, 0.6) is 5.75 Å². The van der Waals surface area contributed by atoms with Crippen molar-refractivity contribution in [1.82, 2.24) is 19.9 Å². The second kappa shape index (κ2) is 7.33. The number of H-pyrrole nitrogens is 2. The smallest absolute Gasteiger partial charge is 0.275 e. The number of hydrogen-bond acceptors (Lipinski definition) is 5. The van der Waals surface area contributed by atoms with Gasteiger partial charge in [-0.05, 0) is 36.2 Å². The van der Waals surface area contributed by atoms with Crippen molar-refractivity contribution in [3.05, 3.63) is 70.9 Å². The summed E-state index contributed by atoms with van der Waals surface area (Å²) in [6, 6.07) is 11.1. The van der Waals surface area contributed by atoms with Gasteiger partial charge in [0.2, 0.25) is 5.95 Å². The Hall–Kier alpha value is -3.61. The van der Waals surface area contributed by atoms with E-state index in [2.05, 4.69) is 25.3 Å². The third kappa shape index (κ3) is 3.67. The van der Waals surface area contributed by atoms with Gasteiger partial charge in [-0.3, -0.25) is 9.78 Å². The summed E-state index contributed by atoms with van der Waals surface area (Å²) >= 11 is 0. The number of nitrogens with zero attached hydrogens (tertiary/aromatic N) is 2. The predicted octanol–water partition coefficient (Wildman–Crippen LogP) is 2.98. The van der Waals surface area contributed by atoms with Crippen LogP contribution in [0, 0.1) is 0 Å². The maximum Gasteiger partial charge on any atom is 0.275 e. The lowest BCUT2D eigenvalue weighted by molar-refractivity contribution is 0.415. The topological polar surface area (TPSA) is 95.7 Å². The number of rotatable bonds is 6. The van der Waals surface area contributed by atoms with E-state index in [9.17, 15) is 4.79 Å². The van der Waals surface area contributed by atoms with E-state index in [4.69, 9.17) is 4.74 Å². The molecule has 0 aliphatic rings. The maximum absolute atomic E-state index is 11.9. The molecule has 0 bridgehead atoms. The molecule has 0 aliphatic carbocycles. The van der Waals surface area contributed by atoms with Crippen LogP contribution in [0.25, 0.3) is 22.2 Å². The first-order chi connectivity index (χ1) is 13.2. The summed E-state index contributed by atoms with van der Waals surface area (Å²) < 4.78 is 5.25. The van der Waals surface area contributed by atoms with Gasteiger partial charge in [0.05, 0.1) is 12.8 Å². The van der Waals surface area contributed by atoms with Gasteiger partial charge in [-0.2, -0.15) is 4.98 Å². The minimum absolute atomic E-state index is 0.290. The monoisotopic (exact) mass is 361 g/mol. The van der Waals surface area contributed by atoms with Gasteiger partial charge in [-0.1, -0.05) is 0 Å². The molecule has 4 rings (SSSR count). The SMILES string of the molecule is COc1ccc2c(CCNc3nc(=O)cc(-c4ccncc4)[nH]3)c[nH]c2c1. The summed E-state index contributed by atoms with van der Waals surface area (Å²) in [4.78, 5) is 26.3. The molecule has 0 amide bonds. The molecule has 3 N–H and O–H groups in total. The molecule has 0 unspecified atom stereocenters. The van der Waals surface area contributed by atoms with E-state index in [1.54, 1.807) is 19.5 Å².